The summed E-state index contributed by atoms with van der Waals surface area (Å²) in [6.45, 7) is 5.10. The van der Waals surface area contributed by atoms with Crippen LogP contribution < -0.4 is 9.47 Å². The molecule has 1 aromatic heterocycles. The van der Waals surface area contributed by atoms with Crippen LogP contribution in [0, 0.1) is 0 Å². The van der Waals surface area contributed by atoms with E-state index in [4.69, 9.17) is 14.0 Å². The van der Waals surface area contributed by atoms with Crippen molar-refractivity contribution in [2.75, 3.05) is 19.8 Å². The van der Waals surface area contributed by atoms with Crippen LogP contribution in [0.15, 0.2) is 22.7 Å². The van der Waals surface area contributed by atoms with Gasteiger partial charge >= 0.3 is 0 Å². The van der Waals surface area contributed by atoms with Gasteiger partial charge in [0.2, 0.25) is 5.89 Å². The normalized spacial score (nSPS) is 20.8. The average Bonchev–Trinajstić information content (AvgIpc) is 3.24. The van der Waals surface area contributed by atoms with Crippen LogP contribution in [0.1, 0.15) is 43.1 Å². The van der Waals surface area contributed by atoms with Crippen molar-refractivity contribution in [3.63, 3.8) is 0 Å². The van der Waals surface area contributed by atoms with Crippen LogP contribution in [-0.4, -0.2) is 34.8 Å². The van der Waals surface area contributed by atoms with Crippen molar-refractivity contribution in [3.05, 3.63) is 35.5 Å². The molecule has 1 fully saturated rings. The fourth-order valence-corrected chi connectivity index (χ4v) is 3.33. The van der Waals surface area contributed by atoms with Crippen molar-refractivity contribution < 1.29 is 14.0 Å². The molecule has 1 aromatic carbocycles. The summed E-state index contributed by atoms with van der Waals surface area (Å²) in [7, 11) is 0. The van der Waals surface area contributed by atoms with Gasteiger partial charge in [0.05, 0.1) is 6.04 Å². The monoisotopic (exact) mass is 315 g/mol. The van der Waals surface area contributed by atoms with Crippen LogP contribution >= 0.6 is 0 Å². The fourth-order valence-electron chi connectivity index (χ4n) is 3.33. The summed E-state index contributed by atoms with van der Waals surface area (Å²) in [6.07, 6.45) is 2.99. The molecule has 23 heavy (non-hydrogen) atoms. The van der Waals surface area contributed by atoms with E-state index < -0.39 is 0 Å². The highest BCUT2D eigenvalue weighted by molar-refractivity contribution is 5.47. The van der Waals surface area contributed by atoms with Crippen molar-refractivity contribution in [1.82, 2.24) is 15.0 Å². The Morgan fingerprint density at radius 2 is 2.17 bits per heavy atom. The molecule has 2 aromatic rings. The summed E-state index contributed by atoms with van der Waals surface area (Å²) in [5.41, 5.74) is 1.16. The average molecular weight is 315 g/mol. The highest BCUT2D eigenvalue weighted by Gasteiger charge is 2.31. The Balaban J connectivity index is 1.56. The number of nitrogens with zero attached hydrogens (tertiary/aromatic N) is 3. The quantitative estimate of drug-likeness (QED) is 0.864. The lowest BCUT2D eigenvalue weighted by atomic mass is 10.1. The zero-order chi connectivity index (χ0) is 15.6. The van der Waals surface area contributed by atoms with Gasteiger partial charge in [-0.25, -0.2) is 0 Å². The highest BCUT2D eigenvalue weighted by atomic mass is 16.6. The third-order valence-corrected chi connectivity index (χ3v) is 4.47. The van der Waals surface area contributed by atoms with Crippen LogP contribution in [0.25, 0.3) is 0 Å². The Labute approximate surface area is 135 Å². The zero-order valence-electron chi connectivity index (χ0n) is 13.3. The molecule has 6 nitrogen and oxygen atoms in total. The van der Waals surface area contributed by atoms with E-state index in [-0.39, 0.29) is 6.04 Å². The molecule has 0 spiro atoms. The van der Waals surface area contributed by atoms with E-state index in [1.165, 1.54) is 0 Å². The van der Waals surface area contributed by atoms with E-state index in [0.717, 1.165) is 55.2 Å². The largest absolute Gasteiger partial charge is 0.486 e. The summed E-state index contributed by atoms with van der Waals surface area (Å²) in [4.78, 5) is 6.92. The van der Waals surface area contributed by atoms with Crippen LogP contribution in [-0.2, 0) is 13.0 Å². The molecule has 3 heterocycles. The molecular weight excluding hydrogens is 294 g/mol. The molecule has 122 valence electrons. The summed E-state index contributed by atoms with van der Waals surface area (Å²) >= 11 is 0. The van der Waals surface area contributed by atoms with Crippen molar-refractivity contribution in [2.45, 2.75) is 38.8 Å². The number of hydrogen-bond donors (Lipinski definition) is 0. The zero-order valence-corrected chi connectivity index (χ0v) is 13.3. The maximum atomic E-state index is 5.83. The second kappa shape index (κ2) is 6.20. The number of fused-ring (bicyclic) bond motifs is 1. The molecule has 0 amide bonds. The Bertz CT molecular complexity index is 685. The number of aromatic nitrogens is 2. The topological polar surface area (TPSA) is 60.6 Å². The van der Waals surface area contributed by atoms with E-state index in [0.29, 0.717) is 19.1 Å². The third kappa shape index (κ3) is 2.79. The lowest BCUT2D eigenvalue weighted by molar-refractivity contribution is 0.165. The molecular formula is C17H21N3O3. The Kier molecular flexibility index (Phi) is 3.91. The lowest BCUT2D eigenvalue weighted by Crippen LogP contribution is -2.25. The SMILES string of the molecule is CCc1nc([C@@H]2CCCN2Cc2cccc3c2OCCO3)no1. The molecule has 1 saturated heterocycles. The van der Waals surface area contributed by atoms with E-state index in [9.17, 15) is 0 Å². The first-order valence-corrected chi connectivity index (χ1v) is 8.29. The van der Waals surface area contributed by atoms with Crippen molar-refractivity contribution in [1.29, 1.82) is 0 Å². The standard InChI is InChI=1S/C17H21N3O3/c1-2-15-18-17(19-23-15)13-6-4-8-20(13)11-12-5-3-7-14-16(12)22-10-9-21-14/h3,5,7,13H,2,4,6,8-11H2,1H3/t13-/m0/s1. The van der Waals surface area contributed by atoms with Gasteiger partial charge in [0.1, 0.15) is 13.2 Å². The first kappa shape index (κ1) is 14.5. The summed E-state index contributed by atoms with van der Waals surface area (Å²) in [5.74, 6) is 3.24. The summed E-state index contributed by atoms with van der Waals surface area (Å²) < 4.78 is 16.8. The van der Waals surface area contributed by atoms with Crippen LogP contribution in [0.4, 0.5) is 0 Å². The van der Waals surface area contributed by atoms with Gasteiger partial charge in [-0.3, -0.25) is 4.90 Å². The van der Waals surface area contributed by atoms with Gasteiger partial charge < -0.3 is 14.0 Å². The van der Waals surface area contributed by atoms with Crippen molar-refractivity contribution >= 4 is 0 Å². The van der Waals surface area contributed by atoms with E-state index in [1.54, 1.807) is 0 Å². The minimum Gasteiger partial charge on any atom is -0.486 e. The third-order valence-electron chi connectivity index (χ3n) is 4.47. The first-order chi connectivity index (χ1) is 11.3. The molecule has 1 atom stereocenters. The molecule has 0 N–H and O–H groups in total. The number of rotatable bonds is 4. The number of ether oxygens (including phenoxy) is 2. The van der Waals surface area contributed by atoms with Gasteiger partial charge in [-0.1, -0.05) is 24.2 Å². The van der Waals surface area contributed by atoms with Gasteiger partial charge in [0.15, 0.2) is 17.3 Å². The molecule has 0 bridgehead atoms. The number of likely N-dealkylation sites (tertiary alicyclic amines) is 1. The molecule has 2 aliphatic rings. The maximum absolute atomic E-state index is 5.83. The number of aryl methyl sites for hydroxylation is 1. The molecule has 6 heteroatoms. The van der Waals surface area contributed by atoms with Gasteiger partial charge in [-0.2, -0.15) is 4.98 Å². The van der Waals surface area contributed by atoms with Crippen molar-refractivity contribution in [3.8, 4) is 11.5 Å². The Hall–Kier alpha value is -2.08. The van der Waals surface area contributed by atoms with Gasteiger partial charge in [0.25, 0.3) is 0 Å². The number of para-hydroxylation sites is 1. The van der Waals surface area contributed by atoms with Gasteiger partial charge in [0, 0.05) is 18.5 Å². The maximum Gasteiger partial charge on any atom is 0.226 e. The summed E-state index contributed by atoms with van der Waals surface area (Å²) in [5, 5.41) is 4.16. The number of hydrogen-bond acceptors (Lipinski definition) is 6. The molecule has 2 aliphatic heterocycles. The Morgan fingerprint density at radius 3 is 3.04 bits per heavy atom. The van der Waals surface area contributed by atoms with E-state index >= 15 is 0 Å². The molecule has 0 radical (unpaired) electrons. The predicted molar refractivity (Wildman–Crippen MR) is 83.5 cm³/mol. The number of benzene rings is 1. The lowest BCUT2D eigenvalue weighted by Gasteiger charge is -2.25. The highest BCUT2D eigenvalue weighted by Crippen LogP contribution is 2.37. The minimum atomic E-state index is 0.222. The van der Waals surface area contributed by atoms with E-state index in [2.05, 4.69) is 21.1 Å². The first-order valence-electron chi connectivity index (χ1n) is 8.29. The Morgan fingerprint density at radius 1 is 1.26 bits per heavy atom. The second-order valence-corrected chi connectivity index (χ2v) is 5.97. The van der Waals surface area contributed by atoms with Crippen molar-refractivity contribution in [2.24, 2.45) is 0 Å². The second-order valence-electron chi connectivity index (χ2n) is 5.97. The smallest absolute Gasteiger partial charge is 0.226 e. The summed E-state index contributed by atoms with van der Waals surface area (Å²) in [6, 6.07) is 6.32. The van der Waals surface area contributed by atoms with Gasteiger partial charge in [-0.05, 0) is 25.5 Å². The minimum absolute atomic E-state index is 0.222. The van der Waals surface area contributed by atoms with Crippen LogP contribution in [0.5, 0.6) is 11.5 Å². The van der Waals surface area contributed by atoms with Gasteiger partial charge in [-0.15, -0.1) is 0 Å². The fraction of sp³-hybridized carbons (Fsp3) is 0.529. The molecule has 0 saturated carbocycles. The molecule has 0 aliphatic carbocycles. The molecule has 0 unspecified atom stereocenters. The van der Waals surface area contributed by atoms with E-state index in [1.807, 2.05) is 19.1 Å². The molecule has 4 rings (SSSR count). The van der Waals surface area contributed by atoms with Crippen LogP contribution in [0.3, 0.4) is 0 Å². The predicted octanol–water partition coefficient (Wildman–Crippen LogP) is 2.74. The van der Waals surface area contributed by atoms with Crippen LogP contribution in [0.2, 0.25) is 0 Å².